The fraction of sp³-hybridized carbons (Fsp3) is 0.703. The first-order chi connectivity index (χ1) is 45.5. The summed E-state index contributed by atoms with van der Waals surface area (Å²) >= 11 is 0. The predicted octanol–water partition coefficient (Wildman–Crippen LogP) is 11.0. The SMILES string of the molecule is CC[C@@H]1[C@@H]2CN(C(=O)[C@H](C3(C)CCOCC3)CC(=O)O[C@@H]3CC4CC4[C@H]3CCCCCc3nc4ccc(OC)cc4nc3O2)[C@@H]1[C-]=O.CC[C@@H]1[C@@H]2CN(C(=O)[C@H](C3(C)CCOCC3)CC(=O)O[C@]3(C)CCC[C@H]3CCCCCc3nc4ccc(OC)cc4nc3O2)[C@@H]1[C-]=O.[V].[V]. The standard InChI is InChI=1S/C37H48N3O7.C37H50N3O7.2V/c1-4-24-31(21-41)40-20-33(24)47-35-29(38-28-11-10-23(44-3)18-30(28)39-35)9-7-5-6-8-25-26-16-22(26)17-32(25)46-34(42)19-27(36(40)43)37(2)12-14-45-15-13-37;1-5-26-31(23-41)40-22-32(26)46-34-29(38-28-14-13-25(44-4)20-30(28)39-34)12-8-6-7-10-24-11-9-15-37(24,3)47-33(42)21-27(35(40)43)36(2)16-18-45-19-17-36;;/h10-11,18,22,24-27,31-33H,4-9,12-17,19-20H2,1-3H3;13-14,20,24,26-27,31-32H,5-12,15-19,21-22H2,1-4H3;;/q2*-1;;/t22?,24-,25+,26?,27+,31+,32+,33-;24-,26+,27-,31-,32+,37-;;/m01../s1. The van der Waals surface area contributed by atoms with Crippen LogP contribution in [0.5, 0.6) is 23.3 Å². The molecule has 9 aliphatic rings. The monoisotopic (exact) mass is 1400 g/mol. The molecular formula is C74H98N6O14V2-2. The molecule has 0 N–H and O–H groups in total. The zero-order valence-corrected chi connectivity index (χ0v) is 60.1. The van der Waals surface area contributed by atoms with Crippen molar-refractivity contribution >= 4 is 58.4 Å². The number of carbonyl (C=O) groups excluding carboxylic acids is 6. The quantitative estimate of drug-likeness (QED) is 0.118. The third-order valence-corrected chi connectivity index (χ3v) is 23.7. The molecule has 2 amide bonds. The predicted molar refractivity (Wildman–Crippen MR) is 349 cm³/mol. The van der Waals surface area contributed by atoms with Gasteiger partial charge in [0, 0.05) is 75.7 Å². The summed E-state index contributed by atoms with van der Waals surface area (Å²) < 4.78 is 48.2. The average Bonchev–Trinajstić information content (AvgIpc) is 1.59. The van der Waals surface area contributed by atoms with Crippen LogP contribution < -0.4 is 18.9 Å². The molecule has 14 atom stereocenters. The zero-order chi connectivity index (χ0) is 65.9. The summed E-state index contributed by atoms with van der Waals surface area (Å²) in [7, 11) is 3.24. The zero-order valence-electron chi connectivity index (χ0n) is 57.3. The molecule has 3 aliphatic carbocycles. The van der Waals surface area contributed by atoms with Gasteiger partial charge in [-0.25, -0.2) is 32.5 Å². The molecule has 2 aromatic heterocycles. The number of amides is 2. The number of rotatable bonds is 8. The van der Waals surface area contributed by atoms with Gasteiger partial charge in [-0.1, -0.05) is 78.3 Å². The van der Waals surface area contributed by atoms with Crippen LogP contribution in [0.2, 0.25) is 0 Å². The Balaban J connectivity index is 0.000000205. The fourth-order valence-corrected chi connectivity index (χ4v) is 17.6. The minimum atomic E-state index is -0.796. The normalized spacial score (nSPS) is 32.4. The number of aromatic nitrogens is 4. The molecule has 8 heterocycles. The molecule has 3 saturated carbocycles. The van der Waals surface area contributed by atoms with E-state index >= 15 is 0 Å². The Bertz CT molecular complexity index is 3300. The van der Waals surface area contributed by atoms with E-state index in [4.69, 9.17) is 57.8 Å². The second-order valence-corrected chi connectivity index (χ2v) is 29.4. The van der Waals surface area contributed by atoms with Gasteiger partial charge in [0.25, 0.3) is 0 Å². The summed E-state index contributed by atoms with van der Waals surface area (Å²) in [5.41, 5.74) is 2.96. The van der Waals surface area contributed by atoms with Crippen molar-refractivity contribution in [2.75, 3.05) is 53.7 Å². The molecule has 2 aromatic carbocycles. The number of benzene rings is 2. The minimum absolute atomic E-state index is 0. The maximum atomic E-state index is 14.7. The van der Waals surface area contributed by atoms with Crippen LogP contribution in [0.4, 0.5) is 0 Å². The van der Waals surface area contributed by atoms with E-state index in [0.717, 1.165) is 99.5 Å². The Morgan fingerprint density at radius 2 is 1.02 bits per heavy atom. The van der Waals surface area contributed by atoms with Crippen molar-refractivity contribution in [1.82, 2.24) is 29.7 Å². The number of ether oxygens (including phenoxy) is 8. The van der Waals surface area contributed by atoms with Gasteiger partial charge in [-0.05, 0) is 174 Å². The van der Waals surface area contributed by atoms with E-state index in [0.29, 0.717) is 130 Å². The fourth-order valence-electron chi connectivity index (χ4n) is 17.6. The number of hydrogen-bond donors (Lipinski definition) is 0. The third-order valence-electron chi connectivity index (χ3n) is 23.7. The van der Waals surface area contributed by atoms with E-state index in [1.165, 1.54) is 6.42 Å². The number of nitrogens with zero attached hydrogens (tertiary/aromatic N) is 6. The van der Waals surface area contributed by atoms with Crippen molar-refractivity contribution in [3.05, 3.63) is 47.8 Å². The maximum absolute atomic E-state index is 14.7. The smallest absolute Gasteiger partial charge is 0.307 e. The second kappa shape index (κ2) is 31.9. The van der Waals surface area contributed by atoms with Gasteiger partial charge in [-0.3, -0.25) is 19.2 Å². The molecule has 2 unspecified atom stereocenters. The Labute approximate surface area is 589 Å². The first kappa shape index (κ1) is 73.3. The molecule has 4 bridgehead atoms. The molecule has 4 aromatic rings. The van der Waals surface area contributed by atoms with Gasteiger partial charge >= 0.3 is 11.9 Å². The summed E-state index contributed by atoms with van der Waals surface area (Å²) in [5.74, 6) is 1.29. The van der Waals surface area contributed by atoms with Crippen LogP contribution in [0.3, 0.4) is 0 Å². The summed E-state index contributed by atoms with van der Waals surface area (Å²) in [6.07, 6.45) is 21.6. The van der Waals surface area contributed by atoms with Gasteiger partial charge in [0.1, 0.15) is 46.8 Å². The summed E-state index contributed by atoms with van der Waals surface area (Å²) in [6.45, 7) is 12.8. The van der Waals surface area contributed by atoms with E-state index in [1.807, 2.05) is 50.2 Å². The van der Waals surface area contributed by atoms with Gasteiger partial charge in [-0.2, -0.15) is 0 Å². The van der Waals surface area contributed by atoms with Crippen molar-refractivity contribution < 1.29 is 104 Å². The second-order valence-electron chi connectivity index (χ2n) is 29.4. The molecule has 520 valence electrons. The summed E-state index contributed by atoms with van der Waals surface area (Å²) in [6, 6.07) is 9.70. The number of methoxy groups -OCH3 is 2. The summed E-state index contributed by atoms with van der Waals surface area (Å²) in [4.78, 5) is 105. The number of esters is 2. The van der Waals surface area contributed by atoms with Crippen LogP contribution in [0.1, 0.15) is 181 Å². The van der Waals surface area contributed by atoms with Crippen LogP contribution in [0.25, 0.3) is 22.1 Å². The third kappa shape index (κ3) is 15.6. The molecule has 96 heavy (non-hydrogen) atoms. The maximum Gasteiger partial charge on any atom is 0.307 e. The molecular weight excluding hydrogens is 1300 g/mol. The van der Waals surface area contributed by atoms with E-state index in [1.54, 1.807) is 24.0 Å². The number of fused-ring (bicyclic) bond motifs is 12. The first-order valence-electron chi connectivity index (χ1n) is 35.5. The van der Waals surface area contributed by atoms with Gasteiger partial charge < -0.3 is 57.3 Å². The van der Waals surface area contributed by atoms with Crippen molar-refractivity contribution in [2.45, 2.75) is 218 Å². The van der Waals surface area contributed by atoms with Crippen LogP contribution in [-0.2, 0) is 97.7 Å². The van der Waals surface area contributed by atoms with E-state index in [2.05, 4.69) is 33.3 Å². The number of hydrogen-bond acceptors (Lipinski definition) is 18. The Morgan fingerprint density at radius 1 is 0.542 bits per heavy atom. The topological polar surface area (TPSA) is 234 Å². The van der Waals surface area contributed by atoms with Crippen molar-refractivity contribution in [1.29, 1.82) is 0 Å². The van der Waals surface area contributed by atoms with Crippen molar-refractivity contribution in [3.63, 3.8) is 0 Å². The largest absolute Gasteiger partial charge is 0.540 e. The van der Waals surface area contributed by atoms with Crippen molar-refractivity contribution in [3.8, 4) is 23.3 Å². The van der Waals surface area contributed by atoms with E-state index < -0.39 is 52.6 Å². The van der Waals surface area contributed by atoms with Crippen LogP contribution in [0.15, 0.2) is 36.4 Å². The molecule has 2 radical (unpaired) electrons. The van der Waals surface area contributed by atoms with Crippen molar-refractivity contribution in [2.24, 2.45) is 58.2 Å². The van der Waals surface area contributed by atoms with Gasteiger partial charge in [0.15, 0.2) is 0 Å². The molecule has 7 fully saturated rings. The minimum Gasteiger partial charge on any atom is -0.540 e. The number of aryl methyl sites for hydroxylation is 2. The number of carbonyl (C=O) groups is 4. The first-order valence-corrected chi connectivity index (χ1v) is 35.5. The van der Waals surface area contributed by atoms with Crippen LogP contribution in [-0.4, -0.2) is 156 Å². The average molecular weight is 1400 g/mol. The Morgan fingerprint density at radius 3 is 1.50 bits per heavy atom. The van der Waals surface area contributed by atoms with E-state index in [-0.39, 0.29) is 111 Å². The Hall–Kier alpha value is -5.37. The van der Waals surface area contributed by atoms with Crippen LogP contribution >= 0.6 is 0 Å². The molecule has 13 rings (SSSR count). The van der Waals surface area contributed by atoms with Gasteiger partial charge in [-0.15, -0.1) is 0 Å². The molecule has 22 heteroatoms. The molecule has 4 saturated heterocycles. The molecule has 0 spiro atoms. The Kier molecular flexibility index (Phi) is 24.4. The van der Waals surface area contributed by atoms with Gasteiger partial charge in [0.2, 0.25) is 23.6 Å². The summed E-state index contributed by atoms with van der Waals surface area (Å²) in [5, 5.41) is 0. The molecule has 6 aliphatic heterocycles. The molecule has 20 nitrogen and oxygen atoms in total. The van der Waals surface area contributed by atoms with Crippen LogP contribution in [0, 0.1) is 58.2 Å². The van der Waals surface area contributed by atoms with E-state index in [9.17, 15) is 28.8 Å². The van der Waals surface area contributed by atoms with Gasteiger partial charge in [0.05, 0.1) is 74.1 Å².